The lowest BCUT2D eigenvalue weighted by molar-refractivity contribution is -0.134. The van der Waals surface area contributed by atoms with Crippen LogP contribution in [0, 0.1) is 6.92 Å². The first-order valence-electron chi connectivity index (χ1n) is 8.49. The molecule has 0 bridgehead atoms. The van der Waals surface area contributed by atoms with Crippen molar-refractivity contribution in [3.63, 3.8) is 0 Å². The normalized spacial score (nSPS) is 15.1. The maximum atomic E-state index is 12.3. The molecule has 1 saturated heterocycles. The largest absolute Gasteiger partial charge is 0.484 e. The van der Waals surface area contributed by atoms with Gasteiger partial charge in [0.2, 0.25) is 0 Å². The maximum absolute atomic E-state index is 12.3. The number of aryl methyl sites for hydroxylation is 1. The molecule has 0 spiro atoms. The smallest absolute Gasteiger partial charge is 0.260 e. The zero-order valence-electron chi connectivity index (χ0n) is 14.1. The van der Waals surface area contributed by atoms with Crippen molar-refractivity contribution in [1.82, 2.24) is 4.90 Å². The van der Waals surface area contributed by atoms with Crippen LogP contribution < -0.4 is 10.1 Å². The molecular weight excluding hydrogens is 300 g/mol. The molecule has 0 aromatic heterocycles. The van der Waals surface area contributed by atoms with E-state index in [0.29, 0.717) is 6.04 Å². The van der Waals surface area contributed by atoms with Crippen LogP contribution in [0.4, 0.5) is 5.69 Å². The molecule has 1 aliphatic heterocycles. The molecule has 1 aliphatic rings. The Morgan fingerprint density at radius 1 is 1.08 bits per heavy atom. The third-order valence-electron chi connectivity index (χ3n) is 4.38. The van der Waals surface area contributed by atoms with Gasteiger partial charge in [0.25, 0.3) is 5.91 Å². The van der Waals surface area contributed by atoms with Gasteiger partial charge in [-0.05, 0) is 44.0 Å². The molecular formula is C20H24N2O2. The summed E-state index contributed by atoms with van der Waals surface area (Å²) in [4.78, 5) is 14.2. The second kappa shape index (κ2) is 7.86. The fourth-order valence-corrected chi connectivity index (χ4v) is 2.91. The molecule has 24 heavy (non-hydrogen) atoms. The Labute approximate surface area is 143 Å². The number of amides is 1. The highest BCUT2D eigenvalue weighted by atomic mass is 16.5. The van der Waals surface area contributed by atoms with E-state index in [1.54, 1.807) is 0 Å². The summed E-state index contributed by atoms with van der Waals surface area (Å²) in [6.07, 6.45) is 1.93. The highest BCUT2D eigenvalue weighted by Crippen LogP contribution is 2.17. The molecule has 2 aromatic rings. The van der Waals surface area contributed by atoms with Gasteiger partial charge in [0.1, 0.15) is 5.75 Å². The number of anilines is 1. The lowest BCUT2D eigenvalue weighted by Crippen LogP contribution is -2.44. The number of ether oxygens (including phenoxy) is 1. The summed E-state index contributed by atoms with van der Waals surface area (Å²) in [5.41, 5.74) is 2.41. The van der Waals surface area contributed by atoms with E-state index in [2.05, 4.69) is 36.5 Å². The fraction of sp³-hybridized carbons (Fsp3) is 0.350. The first-order valence-corrected chi connectivity index (χ1v) is 8.49. The van der Waals surface area contributed by atoms with Gasteiger partial charge in [0.15, 0.2) is 6.61 Å². The first kappa shape index (κ1) is 16.4. The van der Waals surface area contributed by atoms with Gasteiger partial charge in [-0.2, -0.15) is 0 Å². The molecule has 1 fully saturated rings. The second-order valence-corrected chi connectivity index (χ2v) is 6.27. The average molecular weight is 324 g/mol. The molecule has 0 unspecified atom stereocenters. The first-order chi connectivity index (χ1) is 11.7. The number of piperidine rings is 1. The summed E-state index contributed by atoms with van der Waals surface area (Å²) in [5.74, 6) is 0.800. The second-order valence-electron chi connectivity index (χ2n) is 6.27. The zero-order chi connectivity index (χ0) is 16.8. The number of benzene rings is 2. The molecule has 0 aliphatic carbocycles. The number of para-hydroxylation sites is 1. The molecule has 0 radical (unpaired) electrons. The molecule has 3 rings (SSSR count). The number of nitrogens with zero attached hydrogens (tertiary/aromatic N) is 1. The van der Waals surface area contributed by atoms with E-state index < -0.39 is 0 Å². The molecule has 2 aromatic carbocycles. The van der Waals surface area contributed by atoms with E-state index in [1.807, 2.05) is 35.2 Å². The summed E-state index contributed by atoms with van der Waals surface area (Å²) in [6.45, 7) is 3.76. The predicted octanol–water partition coefficient (Wildman–Crippen LogP) is 3.48. The van der Waals surface area contributed by atoms with Crippen LogP contribution in [0.3, 0.4) is 0 Å². The van der Waals surface area contributed by atoms with Crippen LogP contribution in [0.15, 0.2) is 54.6 Å². The van der Waals surface area contributed by atoms with E-state index >= 15 is 0 Å². The van der Waals surface area contributed by atoms with Crippen molar-refractivity contribution in [2.24, 2.45) is 0 Å². The Hall–Kier alpha value is -2.49. The van der Waals surface area contributed by atoms with E-state index in [-0.39, 0.29) is 12.5 Å². The summed E-state index contributed by atoms with van der Waals surface area (Å²) >= 11 is 0. The van der Waals surface area contributed by atoms with Crippen LogP contribution in [0.1, 0.15) is 18.4 Å². The van der Waals surface area contributed by atoms with Crippen LogP contribution in [-0.2, 0) is 4.79 Å². The van der Waals surface area contributed by atoms with Gasteiger partial charge in [-0.15, -0.1) is 0 Å². The highest BCUT2D eigenvalue weighted by molar-refractivity contribution is 5.77. The van der Waals surface area contributed by atoms with Crippen molar-refractivity contribution in [2.75, 3.05) is 25.0 Å². The summed E-state index contributed by atoms with van der Waals surface area (Å²) in [5, 5.41) is 3.56. The van der Waals surface area contributed by atoms with Gasteiger partial charge in [-0.1, -0.05) is 35.9 Å². The molecule has 4 heteroatoms. The van der Waals surface area contributed by atoms with Gasteiger partial charge in [-0.25, -0.2) is 0 Å². The Balaban J connectivity index is 1.42. The molecule has 0 saturated carbocycles. The minimum Gasteiger partial charge on any atom is -0.484 e. The average Bonchev–Trinajstić information content (AvgIpc) is 2.63. The van der Waals surface area contributed by atoms with Crippen molar-refractivity contribution in [3.8, 4) is 5.75 Å². The molecule has 4 nitrogen and oxygen atoms in total. The van der Waals surface area contributed by atoms with Crippen molar-refractivity contribution in [3.05, 3.63) is 60.2 Å². The molecule has 0 atom stereocenters. The third kappa shape index (κ3) is 4.51. The van der Waals surface area contributed by atoms with Crippen molar-refractivity contribution < 1.29 is 9.53 Å². The lowest BCUT2D eigenvalue weighted by Gasteiger charge is -2.32. The Bertz CT molecular complexity index is 647. The van der Waals surface area contributed by atoms with Gasteiger partial charge in [0, 0.05) is 24.8 Å². The lowest BCUT2D eigenvalue weighted by atomic mass is 10.0. The number of carbonyl (C=O) groups is 1. The minimum absolute atomic E-state index is 0.0626. The van der Waals surface area contributed by atoms with Gasteiger partial charge in [-0.3, -0.25) is 4.79 Å². The van der Waals surface area contributed by atoms with Crippen molar-refractivity contribution in [2.45, 2.75) is 25.8 Å². The Morgan fingerprint density at radius 3 is 2.42 bits per heavy atom. The van der Waals surface area contributed by atoms with E-state index in [1.165, 1.54) is 5.56 Å². The number of hydrogen-bond donors (Lipinski definition) is 1. The number of rotatable bonds is 5. The van der Waals surface area contributed by atoms with Gasteiger partial charge < -0.3 is 15.0 Å². The SMILES string of the molecule is Cc1ccc(NC2CCN(C(=O)COc3ccccc3)CC2)cc1. The van der Waals surface area contributed by atoms with E-state index in [0.717, 1.165) is 37.4 Å². The fourth-order valence-electron chi connectivity index (χ4n) is 2.91. The van der Waals surface area contributed by atoms with Crippen LogP contribution in [0.2, 0.25) is 0 Å². The maximum Gasteiger partial charge on any atom is 0.260 e. The van der Waals surface area contributed by atoms with Crippen LogP contribution >= 0.6 is 0 Å². The highest BCUT2D eigenvalue weighted by Gasteiger charge is 2.22. The predicted molar refractivity (Wildman–Crippen MR) is 96.3 cm³/mol. The molecule has 126 valence electrons. The number of likely N-dealkylation sites (tertiary alicyclic amines) is 1. The summed E-state index contributed by atoms with van der Waals surface area (Å²) < 4.78 is 5.55. The molecule has 1 heterocycles. The van der Waals surface area contributed by atoms with Crippen LogP contribution in [0.5, 0.6) is 5.75 Å². The van der Waals surface area contributed by atoms with Crippen molar-refractivity contribution >= 4 is 11.6 Å². The van der Waals surface area contributed by atoms with Crippen molar-refractivity contribution in [1.29, 1.82) is 0 Å². The standard InChI is InChI=1S/C20H24N2O2/c1-16-7-9-17(10-8-16)21-18-11-13-22(14-12-18)20(23)15-24-19-5-3-2-4-6-19/h2-10,18,21H,11-15H2,1H3. The molecule has 1 amide bonds. The Kier molecular flexibility index (Phi) is 5.36. The number of carbonyl (C=O) groups excluding carboxylic acids is 1. The minimum atomic E-state index is 0.0626. The monoisotopic (exact) mass is 324 g/mol. The quantitative estimate of drug-likeness (QED) is 0.915. The Morgan fingerprint density at radius 2 is 1.75 bits per heavy atom. The number of hydrogen-bond acceptors (Lipinski definition) is 3. The molecule has 1 N–H and O–H groups in total. The van der Waals surface area contributed by atoms with E-state index in [9.17, 15) is 4.79 Å². The van der Waals surface area contributed by atoms with Gasteiger partial charge in [0.05, 0.1) is 0 Å². The number of nitrogens with one attached hydrogen (secondary N) is 1. The summed E-state index contributed by atoms with van der Waals surface area (Å²) in [7, 11) is 0. The summed E-state index contributed by atoms with van der Waals surface area (Å²) in [6, 6.07) is 18.3. The van der Waals surface area contributed by atoms with E-state index in [4.69, 9.17) is 4.74 Å². The van der Waals surface area contributed by atoms with Gasteiger partial charge >= 0.3 is 0 Å². The topological polar surface area (TPSA) is 41.6 Å². The third-order valence-corrected chi connectivity index (χ3v) is 4.38. The van der Waals surface area contributed by atoms with Crippen LogP contribution in [0.25, 0.3) is 0 Å². The zero-order valence-corrected chi connectivity index (χ0v) is 14.1. The van der Waals surface area contributed by atoms with Crippen LogP contribution in [-0.4, -0.2) is 36.5 Å².